The average Bonchev–Trinajstić information content (AvgIpc) is 3.61. The summed E-state index contributed by atoms with van der Waals surface area (Å²) in [7, 11) is 0. The first-order valence-electron chi connectivity index (χ1n) is 14.2. The van der Waals surface area contributed by atoms with Crippen LogP contribution in [0.15, 0.2) is 60.7 Å². The van der Waals surface area contributed by atoms with Gasteiger partial charge in [0.2, 0.25) is 17.7 Å². The fraction of sp³-hybridized carbons (Fsp3) is 0.516. The lowest BCUT2D eigenvalue weighted by Crippen LogP contribution is -2.57. The van der Waals surface area contributed by atoms with E-state index in [1.165, 1.54) is 0 Å². The number of likely N-dealkylation sites (tertiary alicyclic amines) is 1. The Balaban J connectivity index is 1.43. The molecule has 0 aliphatic carbocycles. The number of carbonyl (C=O) groups excluding carboxylic acids is 3. The van der Waals surface area contributed by atoms with Crippen molar-refractivity contribution in [2.24, 2.45) is 11.8 Å². The van der Waals surface area contributed by atoms with E-state index >= 15 is 0 Å². The minimum atomic E-state index is -0.709. The van der Waals surface area contributed by atoms with E-state index in [2.05, 4.69) is 17.6 Å². The maximum Gasteiger partial charge on any atom is 0.244 e. The highest BCUT2D eigenvalue weighted by molar-refractivity contribution is 8.02. The van der Waals surface area contributed by atoms with E-state index in [0.29, 0.717) is 25.9 Å². The molecule has 3 saturated heterocycles. The summed E-state index contributed by atoms with van der Waals surface area (Å²) in [5, 5.41) is 16.7. The lowest BCUT2D eigenvalue weighted by Gasteiger charge is -2.37. The molecule has 3 heterocycles. The topological polar surface area (TPSA) is 98.7 Å². The summed E-state index contributed by atoms with van der Waals surface area (Å²) in [5.74, 6) is -1.52. The summed E-state index contributed by atoms with van der Waals surface area (Å²) in [6.45, 7) is 2.83. The molecule has 39 heavy (non-hydrogen) atoms. The first kappa shape index (κ1) is 27.7. The van der Waals surface area contributed by atoms with Gasteiger partial charge in [0.05, 0.1) is 29.2 Å². The van der Waals surface area contributed by atoms with Crippen molar-refractivity contribution in [1.29, 1.82) is 0 Å². The molecule has 7 nitrogen and oxygen atoms in total. The third kappa shape index (κ3) is 5.33. The second-order valence-corrected chi connectivity index (χ2v) is 12.6. The average molecular weight is 550 g/mol. The van der Waals surface area contributed by atoms with Crippen LogP contribution in [0.4, 0.5) is 0 Å². The summed E-state index contributed by atoms with van der Waals surface area (Å²) < 4.78 is -0.657. The highest BCUT2D eigenvalue weighted by Crippen LogP contribution is 2.66. The number of rotatable bonds is 12. The zero-order valence-corrected chi connectivity index (χ0v) is 23.4. The summed E-state index contributed by atoms with van der Waals surface area (Å²) >= 11 is 1.66. The van der Waals surface area contributed by atoms with Gasteiger partial charge in [0, 0.05) is 18.3 Å². The van der Waals surface area contributed by atoms with Gasteiger partial charge in [-0.2, -0.15) is 0 Å². The van der Waals surface area contributed by atoms with Gasteiger partial charge in [-0.1, -0.05) is 80.4 Å². The predicted octanol–water partition coefficient (Wildman–Crippen LogP) is 3.30. The number of nitrogens with zero attached hydrogens (tertiary/aromatic N) is 1. The van der Waals surface area contributed by atoms with Crippen molar-refractivity contribution in [3.8, 4) is 0 Å². The van der Waals surface area contributed by atoms with E-state index in [-0.39, 0.29) is 29.6 Å². The molecule has 2 aromatic carbocycles. The fourth-order valence-corrected chi connectivity index (χ4v) is 9.01. The van der Waals surface area contributed by atoms with Gasteiger partial charge in [-0.15, -0.1) is 11.8 Å². The van der Waals surface area contributed by atoms with Crippen molar-refractivity contribution in [2.45, 2.75) is 74.1 Å². The molecule has 2 bridgehead atoms. The van der Waals surface area contributed by atoms with Gasteiger partial charge >= 0.3 is 0 Å². The lowest BCUT2D eigenvalue weighted by molar-refractivity contribution is -0.142. The van der Waals surface area contributed by atoms with Crippen LogP contribution in [0.25, 0.3) is 0 Å². The predicted molar refractivity (Wildman–Crippen MR) is 153 cm³/mol. The number of hydrogen-bond acceptors (Lipinski definition) is 5. The summed E-state index contributed by atoms with van der Waals surface area (Å²) in [6.07, 6.45) is 4.92. The lowest BCUT2D eigenvalue weighted by atomic mass is 9.70. The van der Waals surface area contributed by atoms with Crippen LogP contribution < -0.4 is 10.6 Å². The number of nitrogens with one attached hydrogen (secondary N) is 2. The molecule has 3 aliphatic heterocycles. The highest BCUT2D eigenvalue weighted by atomic mass is 32.2. The molecule has 1 spiro atoms. The van der Waals surface area contributed by atoms with Crippen molar-refractivity contribution >= 4 is 29.5 Å². The number of fused-ring (bicyclic) bond motifs is 1. The van der Waals surface area contributed by atoms with Crippen LogP contribution in [0.1, 0.15) is 50.2 Å². The Bertz CT molecular complexity index is 1160. The molecule has 3 N–H and O–H groups in total. The molecule has 6 atom stereocenters. The van der Waals surface area contributed by atoms with E-state index in [0.717, 1.165) is 36.8 Å². The Labute approximate surface area is 235 Å². The SMILES string of the molecule is CCCCCNC(=O)C1N([C@@H](CO)Cc2ccccc2)C(=O)[C@@H]2[C@@H](C(=O)NCc3ccccc3)[C@H]3CCC12S3. The van der Waals surface area contributed by atoms with Gasteiger partial charge in [0.15, 0.2) is 0 Å². The molecule has 8 heteroatoms. The smallest absolute Gasteiger partial charge is 0.244 e. The third-order valence-corrected chi connectivity index (χ3v) is 10.5. The first-order valence-corrected chi connectivity index (χ1v) is 15.1. The molecular formula is C31H39N3O4S. The molecule has 3 amide bonds. The molecular weight excluding hydrogens is 510 g/mol. The molecule has 3 fully saturated rings. The number of hydrogen-bond donors (Lipinski definition) is 3. The number of thioether (sulfide) groups is 1. The Morgan fingerprint density at radius 1 is 1.03 bits per heavy atom. The van der Waals surface area contributed by atoms with Crippen LogP contribution in [-0.2, 0) is 27.3 Å². The van der Waals surface area contributed by atoms with Crippen LogP contribution in [0.2, 0.25) is 0 Å². The van der Waals surface area contributed by atoms with E-state index in [1.807, 2.05) is 60.7 Å². The van der Waals surface area contributed by atoms with Crippen LogP contribution in [0.3, 0.4) is 0 Å². The zero-order valence-electron chi connectivity index (χ0n) is 22.6. The van der Waals surface area contributed by atoms with Crippen molar-refractivity contribution in [1.82, 2.24) is 15.5 Å². The molecule has 2 unspecified atom stereocenters. The summed E-state index contributed by atoms with van der Waals surface area (Å²) in [4.78, 5) is 43.4. The van der Waals surface area contributed by atoms with Crippen molar-refractivity contribution in [3.05, 3.63) is 71.8 Å². The Kier molecular flexibility index (Phi) is 8.62. The van der Waals surface area contributed by atoms with Gasteiger partial charge in [-0.05, 0) is 36.8 Å². The molecule has 0 saturated carbocycles. The third-order valence-electron chi connectivity index (χ3n) is 8.60. The minimum Gasteiger partial charge on any atom is -0.394 e. The van der Waals surface area contributed by atoms with Crippen LogP contribution in [0, 0.1) is 11.8 Å². The maximum atomic E-state index is 14.3. The molecule has 3 aliphatic rings. The van der Waals surface area contributed by atoms with Gasteiger partial charge < -0.3 is 20.6 Å². The number of aliphatic hydroxyl groups excluding tert-OH is 1. The molecule has 208 valence electrons. The summed E-state index contributed by atoms with van der Waals surface area (Å²) in [6, 6.07) is 18.2. The second kappa shape index (κ2) is 12.1. The van der Waals surface area contributed by atoms with E-state index in [1.54, 1.807) is 16.7 Å². The van der Waals surface area contributed by atoms with Crippen molar-refractivity contribution < 1.29 is 19.5 Å². The highest BCUT2D eigenvalue weighted by Gasteiger charge is 2.74. The maximum absolute atomic E-state index is 14.3. The van der Waals surface area contributed by atoms with Gasteiger partial charge in [-0.25, -0.2) is 0 Å². The van der Waals surface area contributed by atoms with Crippen molar-refractivity contribution in [3.63, 3.8) is 0 Å². The van der Waals surface area contributed by atoms with Crippen LogP contribution in [-0.4, -0.2) is 63.0 Å². The van der Waals surface area contributed by atoms with Gasteiger partial charge in [0.25, 0.3) is 0 Å². The van der Waals surface area contributed by atoms with Crippen molar-refractivity contribution in [2.75, 3.05) is 13.2 Å². The second-order valence-electron chi connectivity index (χ2n) is 11.0. The minimum absolute atomic E-state index is 0.00830. The van der Waals surface area contributed by atoms with Crippen LogP contribution in [0.5, 0.6) is 0 Å². The Morgan fingerprint density at radius 2 is 1.72 bits per heavy atom. The van der Waals surface area contributed by atoms with Crippen LogP contribution >= 0.6 is 11.8 Å². The zero-order chi connectivity index (χ0) is 27.4. The normalized spacial score (nSPS) is 27.8. The Hall–Kier alpha value is -2.84. The number of benzene rings is 2. The molecule has 0 radical (unpaired) electrons. The van der Waals surface area contributed by atoms with E-state index in [9.17, 15) is 19.5 Å². The van der Waals surface area contributed by atoms with Gasteiger partial charge in [0.1, 0.15) is 6.04 Å². The number of unbranched alkanes of at least 4 members (excludes halogenated alkanes) is 2. The number of amides is 3. The molecule has 5 rings (SSSR count). The first-order chi connectivity index (χ1) is 19.0. The summed E-state index contributed by atoms with van der Waals surface area (Å²) in [5.41, 5.74) is 2.00. The largest absolute Gasteiger partial charge is 0.394 e. The van der Waals surface area contributed by atoms with E-state index < -0.39 is 28.7 Å². The van der Waals surface area contributed by atoms with E-state index in [4.69, 9.17) is 0 Å². The molecule has 0 aromatic heterocycles. The fourth-order valence-electron chi connectivity index (χ4n) is 6.81. The quantitative estimate of drug-likeness (QED) is 0.353. The monoisotopic (exact) mass is 549 g/mol. The number of carbonyl (C=O) groups is 3. The number of aliphatic hydroxyl groups is 1. The standard InChI is InChI=1S/C31H39N3O4S/c1-2-3-10-17-32-29(37)27-31-16-15-24(39-31)25(28(36)33-19-22-13-8-5-9-14-22)26(31)30(38)34(27)23(20-35)18-21-11-6-4-7-12-21/h4-9,11-14,23-27,35H,2-3,10,15-20H2,1H3,(H,32,37)(H,33,36)/t23-,24-,25+,26+,27?,31?/m1/s1. The Morgan fingerprint density at radius 3 is 2.38 bits per heavy atom. The van der Waals surface area contributed by atoms with Gasteiger partial charge in [-0.3, -0.25) is 14.4 Å². The molecule has 2 aromatic rings.